The minimum absolute atomic E-state index is 0.0177. The molecule has 0 spiro atoms. The van der Waals surface area contributed by atoms with E-state index in [1.807, 2.05) is 85.2 Å². The molecule has 2 heterocycles. The van der Waals surface area contributed by atoms with E-state index in [0.29, 0.717) is 55.2 Å². The maximum atomic E-state index is 13.4. The number of anilines is 1. The van der Waals surface area contributed by atoms with E-state index in [1.54, 1.807) is 12.4 Å². The number of rotatable bonds is 7. The van der Waals surface area contributed by atoms with Gasteiger partial charge in [0.05, 0.1) is 18.4 Å². The fourth-order valence-electron chi connectivity index (χ4n) is 4.50. The summed E-state index contributed by atoms with van der Waals surface area (Å²) in [5, 5.41) is 0. The van der Waals surface area contributed by atoms with E-state index in [1.165, 1.54) is 0 Å². The van der Waals surface area contributed by atoms with Crippen molar-refractivity contribution >= 4 is 17.5 Å². The fraction of sp³-hybridized carbons (Fsp3) is 0.323. The molecule has 1 aliphatic rings. The lowest BCUT2D eigenvalue weighted by Gasteiger charge is -2.36. The Morgan fingerprint density at radius 1 is 0.921 bits per heavy atom. The molecule has 7 heteroatoms. The van der Waals surface area contributed by atoms with Gasteiger partial charge in [-0.1, -0.05) is 24.0 Å². The van der Waals surface area contributed by atoms with Crippen LogP contribution in [0, 0.1) is 11.8 Å². The van der Waals surface area contributed by atoms with Crippen LogP contribution in [0.5, 0.6) is 5.75 Å². The summed E-state index contributed by atoms with van der Waals surface area (Å²) in [6, 6.07) is 17.1. The summed E-state index contributed by atoms with van der Waals surface area (Å²) in [5.74, 6) is 6.97. The van der Waals surface area contributed by atoms with Crippen molar-refractivity contribution in [3.8, 4) is 17.6 Å². The minimum atomic E-state index is -0.0177. The van der Waals surface area contributed by atoms with Crippen molar-refractivity contribution in [1.82, 2.24) is 14.8 Å². The van der Waals surface area contributed by atoms with Crippen molar-refractivity contribution in [3.63, 3.8) is 0 Å². The van der Waals surface area contributed by atoms with E-state index in [-0.39, 0.29) is 11.8 Å². The van der Waals surface area contributed by atoms with Crippen molar-refractivity contribution in [3.05, 3.63) is 89.2 Å². The van der Waals surface area contributed by atoms with Crippen LogP contribution in [-0.2, 0) is 0 Å². The highest BCUT2D eigenvalue weighted by atomic mass is 16.5. The SMILES string of the molecule is CCOc1cncc(C#Cc2ccccc2C(=O)N2CCN(c3ccc(C(=O)N(CC)CC)cc3)CC2)c1. The maximum absolute atomic E-state index is 13.4. The topological polar surface area (TPSA) is 66.0 Å². The Kier molecular flexibility index (Phi) is 8.99. The molecule has 4 rings (SSSR count). The van der Waals surface area contributed by atoms with E-state index in [0.717, 1.165) is 24.3 Å². The van der Waals surface area contributed by atoms with Gasteiger partial charge < -0.3 is 19.4 Å². The highest BCUT2D eigenvalue weighted by Gasteiger charge is 2.24. The summed E-state index contributed by atoms with van der Waals surface area (Å²) >= 11 is 0. The Labute approximate surface area is 225 Å². The van der Waals surface area contributed by atoms with Gasteiger partial charge in [-0.3, -0.25) is 14.6 Å². The Balaban J connectivity index is 1.41. The second-order valence-electron chi connectivity index (χ2n) is 8.94. The zero-order chi connectivity index (χ0) is 26.9. The molecule has 38 heavy (non-hydrogen) atoms. The largest absolute Gasteiger partial charge is 0.492 e. The number of benzene rings is 2. The second kappa shape index (κ2) is 12.8. The Morgan fingerprint density at radius 3 is 2.32 bits per heavy atom. The summed E-state index contributed by atoms with van der Waals surface area (Å²) in [5.41, 5.74) is 3.78. The zero-order valence-corrected chi connectivity index (χ0v) is 22.3. The molecule has 2 amide bonds. The first-order valence-corrected chi connectivity index (χ1v) is 13.2. The predicted molar refractivity (Wildman–Crippen MR) is 150 cm³/mol. The van der Waals surface area contributed by atoms with Crippen LogP contribution in [0.4, 0.5) is 5.69 Å². The van der Waals surface area contributed by atoms with E-state index >= 15 is 0 Å². The van der Waals surface area contributed by atoms with Gasteiger partial charge in [0.15, 0.2) is 0 Å². The van der Waals surface area contributed by atoms with Gasteiger partial charge in [-0.15, -0.1) is 0 Å². The first-order chi connectivity index (χ1) is 18.5. The number of hydrogen-bond acceptors (Lipinski definition) is 5. The zero-order valence-electron chi connectivity index (χ0n) is 22.3. The summed E-state index contributed by atoms with van der Waals surface area (Å²) in [4.78, 5) is 36.1. The number of nitrogens with zero attached hydrogens (tertiary/aromatic N) is 4. The lowest BCUT2D eigenvalue weighted by molar-refractivity contribution is 0.0744. The molecule has 1 saturated heterocycles. The molecular weight excluding hydrogens is 476 g/mol. The number of carbonyl (C=O) groups is 2. The fourth-order valence-corrected chi connectivity index (χ4v) is 4.50. The lowest BCUT2D eigenvalue weighted by Crippen LogP contribution is -2.49. The number of carbonyl (C=O) groups excluding carboxylic acids is 2. The molecule has 0 radical (unpaired) electrons. The third kappa shape index (κ3) is 6.33. The van der Waals surface area contributed by atoms with Crippen LogP contribution in [0.1, 0.15) is 52.6 Å². The molecule has 2 aromatic carbocycles. The van der Waals surface area contributed by atoms with Gasteiger partial charge in [0, 0.05) is 67.8 Å². The molecule has 0 bridgehead atoms. The molecule has 0 saturated carbocycles. The summed E-state index contributed by atoms with van der Waals surface area (Å²) < 4.78 is 5.50. The molecule has 1 fully saturated rings. The van der Waals surface area contributed by atoms with Crippen molar-refractivity contribution in [1.29, 1.82) is 0 Å². The van der Waals surface area contributed by atoms with Crippen LogP contribution in [0.15, 0.2) is 67.0 Å². The normalized spacial score (nSPS) is 12.9. The maximum Gasteiger partial charge on any atom is 0.255 e. The molecule has 196 valence electrons. The van der Waals surface area contributed by atoms with Gasteiger partial charge in [-0.2, -0.15) is 0 Å². The van der Waals surface area contributed by atoms with E-state index in [9.17, 15) is 9.59 Å². The summed E-state index contributed by atoms with van der Waals surface area (Å²) in [6.45, 7) is 10.5. The lowest BCUT2D eigenvalue weighted by atomic mass is 10.1. The van der Waals surface area contributed by atoms with Crippen molar-refractivity contribution in [2.24, 2.45) is 0 Å². The minimum Gasteiger partial charge on any atom is -0.492 e. The molecule has 0 aliphatic carbocycles. The third-order valence-electron chi connectivity index (χ3n) is 6.62. The smallest absolute Gasteiger partial charge is 0.255 e. The van der Waals surface area contributed by atoms with E-state index in [4.69, 9.17) is 4.74 Å². The van der Waals surface area contributed by atoms with Gasteiger partial charge in [0.2, 0.25) is 0 Å². The predicted octanol–water partition coefficient (Wildman–Crippen LogP) is 4.32. The van der Waals surface area contributed by atoms with E-state index < -0.39 is 0 Å². The van der Waals surface area contributed by atoms with Gasteiger partial charge in [-0.05, 0) is 63.2 Å². The number of amides is 2. The van der Waals surface area contributed by atoms with Crippen LogP contribution in [0.2, 0.25) is 0 Å². The molecule has 3 aromatic rings. The monoisotopic (exact) mass is 510 g/mol. The average molecular weight is 511 g/mol. The first-order valence-electron chi connectivity index (χ1n) is 13.2. The number of hydrogen-bond donors (Lipinski definition) is 0. The van der Waals surface area contributed by atoms with Crippen LogP contribution >= 0.6 is 0 Å². The quantitative estimate of drug-likeness (QED) is 0.443. The molecule has 1 aliphatic heterocycles. The van der Waals surface area contributed by atoms with Gasteiger partial charge >= 0.3 is 0 Å². The molecule has 0 atom stereocenters. The van der Waals surface area contributed by atoms with Crippen LogP contribution in [0.25, 0.3) is 0 Å². The van der Waals surface area contributed by atoms with Gasteiger partial charge in [0.1, 0.15) is 5.75 Å². The number of pyridine rings is 1. The number of piperazine rings is 1. The number of aromatic nitrogens is 1. The third-order valence-corrected chi connectivity index (χ3v) is 6.62. The van der Waals surface area contributed by atoms with Crippen molar-refractivity contribution in [2.45, 2.75) is 20.8 Å². The Bertz CT molecular complexity index is 1310. The standard InChI is InChI=1S/C31H34N4O3/c1-4-33(5-2)30(36)26-13-15-27(16-14-26)34-17-19-35(20-18-34)31(37)29-10-8-7-9-25(29)12-11-24-21-28(38-6-3)23-32-22-24/h7-10,13-16,21-23H,4-6,17-20H2,1-3H3. The summed E-state index contributed by atoms with van der Waals surface area (Å²) in [7, 11) is 0. The van der Waals surface area contributed by atoms with Gasteiger partial charge in [0.25, 0.3) is 11.8 Å². The van der Waals surface area contributed by atoms with Crippen molar-refractivity contribution < 1.29 is 14.3 Å². The summed E-state index contributed by atoms with van der Waals surface area (Å²) in [6.07, 6.45) is 3.34. The molecule has 0 N–H and O–H groups in total. The molecule has 7 nitrogen and oxygen atoms in total. The van der Waals surface area contributed by atoms with E-state index in [2.05, 4.69) is 21.7 Å². The average Bonchev–Trinajstić information content (AvgIpc) is 2.97. The van der Waals surface area contributed by atoms with Crippen LogP contribution < -0.4 is 9.64 Å². The second-order valence-corrected chi connectivity index (χ2v) is 8.94. The molecule has 0 unspecified atom stereocenters. The first kappa shape index (κ1) is 26.7. The van der Waals surface area contributed by atoms with Crippen LogP contribution in [0.3, 0.4) is 0 Å². The Hall–Kier alpha value is -4.31. The molecule has 1 aromatic heterocycles. The van der Waals surface area contributed by atoms with Crippen LogP contribution in [-0.4, -0.2) is 72.5 Å². The van der Waals surface area contributed by atoms with Crippen molar-refractivity contribution in [2.75, 3.05) is 50.8 Å². The molecular formula is C31H34N4O3. The van der Waals surface area contributed by atoms with Gasteiger partial charge in [-0.25, -0.2) is 0 Å². The Morgan fingerprint density at radius 2 is 1.63 bits per heavy atom. The highest BCUT2D eigenvalue weighted by molar-refractivity contribution is 5.97. The number of ether oxygens (including phenoxy) is 1. The highest BCUT2D eigenvalue weighted by Crippen LogP contribution is 2.20.